The van der Waals surface area contributed by atoms with Crippen molar-refractivity contribution in [1.82, 2.24) is 4.72 Å². The summed E-state index contributed by atoms with van der Waals surface area (Å²) in [5.41, 5.74) is 0.775. The van der Waals surface area contributed by atoms with Crippen LogP contribution in [0, 0.1) is 10.1 Å². The molecule has 1 aromatic rings. The van der Waals surface area contributed by atoms with Gasteiger partial charge in [-0.05, 0) is 31.2 Å². The van der Waals surface area contributed by atoms with Crippen LogP contribution in [-0.2, 0) is 16.4 Å². The third-order valence-corrected chi connectivity index (χ3v) is 4.80. The summed E-state index contributed by atoms with van der Waals surface area (Å²) in [4.78, 5) is 10.1. The molecule has 1 aliphatic rings. The maximum atomic E-state index is 12.0. The summed E-state index contributed by atoms with van der Waals surface area (Å²) in [7, 11) is -3.34. The number of nitro groups is 1. The minimum absolute atomic E-state index is 0.00655. The quantitative estimate of drug-likeness (QED) is 0.495. The van der Waals surface area contributed by atoms with Crippen molar-refractivity contribution in [3.63, 3.8) is 0 Å². The van der Waals surface area contributed by atoms with Gasteiger partial charge in [0.2, 0.25) is 10.0 Å². The zero-order valence-corrected chi connectivity index (χ0v) is 12.4. The first-order valence-electron chi connectivity index (χ1n) is 6.86. The molecule has 0 fully saturated rings. The second kappa shape index (κ2) is 6.82. The summed E-state index contributed by atoms with van der Waals surface area (Å²) in [6.07, 6.45) is 7.05. The number of rotatable bonds is 6. The number of hydrogen-bond acceptors (Lipinski definition) is 4. The minimum atomic E-state index is -3.34. The van der Waals surface area contributed by atoms with Gasteiger partial charge in [-0.25, -0.2) is 13.1 Å². The highest BCUT2D eigenvalue weighted by Gasteiger charge is 2.17. The first-order chi connectivity index (χ1) is 9.96. The van der Waals surface area contributed by atoms with Crippen molar-refractivity contribution in [1.29, 1.82) is 0 Å². The third kappa shape index (κ3) is 4.95. The first kappa shape index (κ1) is 15.7. The van der Waals surface area contributed by atoms with Gasteiger partial charge >= 0.3 is 0 Å². The van der Waals surface area contributed by atoms with Crippen molar-refractivity contribution < 1.29 is 13.3 Å². The average molecular weight is 310 g/mol. The number of allylic oxidation sites excluding steroid dienone is 1. The number of non-ortho nitro benzene ring substituents is 1. The summed E-state index contributed by atoms with van der Waals surface area (Å²) in [5, 5.41) is 10.5. The minimum Gasteiger partial charge on any atom is -0.258 e. The highest BCUT2D eigenvalue weighted by Crippen LogP contribution is 2.14. The lowest BCUT2D eigenvalue weighted by Gasteiger charge is -2.17. The fraction of sp³-hybridized carbons (Fsp3) is 0.429. The van der Waals surface area contributed by atoms with Gasteiger partial charge in [-0.15, -0.1) is 0 Å². The molecule has 0 saturated carbocycles. The number of nitro benzene ring substituents is 1. The monoisotopic (exact) mass is 310 g/mol. The highest BCUT2D eigenvalue weighted by atomic mass is 32.2. The Morgan fingerprint density at radius 3 is 2.57 bits per heavy atom. The van der Waals surface area contributed by atoms with E-state index in [2.05, 4.69) is 4.72 Å². The predicted molar refractivity (Wildman–Crippen MR) is 80.5 cm³/mol. The van der Waals surface area contributed by atoms with Gasteiger partial charge in [-0.3, -0.25) is 10.1 Å². The number of nitrogens with one attached hydrogen (secondary N) is 1. The van der Waals surface area contributed by atoms with E-state index in [0.717, 1.165) is 24.8 Å². The van der Waals surface area contributed by atoms with Gasteiger partial charge in [0.1, 0.15) is 0 Å². The Bertz CT molecular complexity index is 623. The molecule has 0 saturated heterocycles. The van der Waals surface area contributed by atoms with Crippen molar-refractivity contribution in [2.75, 3.05) is 5.75 Å². The molecule has 1 aromatic carbocycles. The predicted octanol–water partition coefficient (Wildman–Crippen LogP) is 2.17. The summed E-state index contributed by atoms with van der Waals surface area (Å²) in [5.74, 6) is -0.0187. The summed E-state index contributed by atoms with van der Waals surface area (Å²) in [6.45, 7) is 0. The first-order valence-corrected chi connectivity index (χ1v) is 8.51. The van der Waals surface area contributed by atoms with Crippen molar-refractivity contribution in [2.45, 2.75) is 31.7 Å². The third-order valence-electron chi connectivity index (χ3n) is 3.39. The molecular weight excluding hydrogens is 292 g/mol. The molecular formula is C14H18N2O4S. The number of nitrogens with zero attached hydrogens (tertiary/aromatic N) is 1. The zero-order chi connectivity index (χ0) is 15.3. The molecule has 0 bridgehead atoms. The fourth-order valence-electron chi connectivity index (χ4n) is 2.24. The lowest BCUT2D eigenvalue weighted by Crippen LogP contribution is -2.36. The van der Waals surface area contributed by atoms with Gasteiger partial charge in [0.15, 0.2) is 0 Å². The van der Waals surface area contributed by atoms with Crippen LogP contribution in [0.3, 0.4) is 0 Å². The van der Waals surface area contributed by atoms with Crippen LogP contribution in [0.4, 0.5) is 5.69 Å². The van der Waals surface area contributed by atoms with Gasteiger partial charge in [0.25, 0.3) is 5.69 Å². The van der Waals surface area contributed by atoms with Gasteiger partial charge in [0.05, 0.1) is 10.7 Å². The molecule has 0 unspecified atom stereocenters. The Morgan fingerprint density at radius 1 is 1.29 bits per heavy atom. The number of aryl methyl sites for hydroxylation is 1. The number of benzene rings is 1. The standard InChI is InChI=1S/C14H18N2O4S/c17-16(18)14-8-6-12(7-9-14)10-11-21(19,20)15-13-4-2-1-3-5-13/h2,4,6-9,13,15H,1,3,5,10-11H2/t13-/m0/s1. The van der Waals surface area contributed by atoms with Crippen molar-refractivity contribution in [2.24, 2.45) is 0 Å². The van der Waals surface area contributed by atoms with E-state index in [0.29, 0.717) is 6.42 Å². The Morgan fingerprint density at radius 2 is 2.00 bits per heavy atom. The van der Waals surface area contributed by atoms with Crippen LogP contribution in [0.1, 0.15) is 24.8 Å². The zero-order valence-electron chi connectivity index (χ0n) is 11.6. The van der Waals surface area contributed by atoms with E-state index < -0.39 is 14.9 Å². The number of sulfonamides is 1. The van der Waals surface area contributed by atoms with E-state index in [9.17, 15) is 18.5 Å². The van der Waals surface area contributed by atoms with Crippen LogP contribution >= 0.6 is 0 Å². The van der Waals surface area contributed by atoms with Crippen molar-refractivity contribution >= 4 is 15.7 Å². The molecule has 0 amide bonds. The molecule has 0 aromatic heterocycles. The molecule has 1 N–H and O–H groups in total. The molecule has 6 nitrogen and oxygen atoms in total. The number of hydrogen-bond donors (Lipinski definition) is 1. The molecule has 0 heterocycles. The van der Waals surface area contributed by atoms with Crippen molar-refractivity contribution in [3.8, 4) is 0 Å². The van der Waals surface area contributed by atoms with Crippen LogP contribution in [0.2, 0.25) is 0 Å². The highest BCUT2D eigenvalue weighted by molar-refractivity contribution is 7.89. The van der Waals surface area contributed by atoms with E-state index in [-0.39, 0.29) is 17.5 Å². The van der Waals surface area contributed by atoms with Gasteiger partial charge in [-0.2, -0.15) is 0 Å². The van der Waals surface area contributed by atoms with E-state index in [1.165, 1.54) is 12.1 Å². The second-order valence-corrected chi connectivity index (χ2v) is 6.95. The van der Waals surface area contributed by atoms with E-state index in [1.807, 2.05) is 12.2 Å². The van der Waals surface area contributed by atoms with Gasteiger partial charge in [-0.1, -0.05) is 24.3 Å². The normalized spacial score (nSPS) is 18.6. The largest absolute Gasteiger partial charge is 0.269 e. The van der Waals surface area contributed by atoms with Crippen LogP contribution < -0.4 is 4.72 Å². The molecule has 7 heteroatoms. The van der Waals surface area contributed by atoms with E-state index in [1.54, 1.807) is 12.1 Å². The molecule has 0 radical (unpaired) electrons. The van der Waals surface area contributed by atoms with Crippen LogP contribution in [-0.4, -0.2) is 25.1 Å². The van der Waals surface area contributed by atoms with Gasteiger partial charge < -0.3 is 0 Å². The summed E-state index contributed by atoms with van der Waals surface area (Å²) in [6, 6.07) is 5.85. The molecule has 0 aliphatic heterocycles. The fourth-order valence-corrected chi connectivity index (χ4v) is 3.52. The topological polar surface area (TPSA) is 89.3 Å². The molecule has 1 atom stereocenters. The summed E-state index contributed by atoms with van der Waals surface area (Å²) < 4.78 is 26.7. The Balaban J connectivity index is 1.90. The van der Waals surface area contributed by atoms with Crippen molar-refractivity contribution in [3.05, 3.63) is 52.1 Å². The molecule has 1 aliphatic carbocycles. The maximum absolute atomic E-state index is 12.0. The lowest BCUT2D eigenvalue weighted by atomic mass is 10.0. The SMILES string of the molecule is O=[N+]([O-])c1ccc(CCS(=O)(=O)N[C@H]2C=CCCC2)cc1. The average Bonchev–Trinajstić information content (AvgIpc) is 2.46. The van der Waals surface area contributed by atoms with Crippen LogP contribution in [0.5, 0.6) is 0 Å². The summed E-state index contributed by atoms with van der Waals surface area (Å²) >= 11 is 0. The lowest BCUT2D eigenvalue weighted by molar-refractivity contribution is -0.384. The smallest absolute Gasteiger partial charge is 0.258 e. The molecule has 114 valence electrons. The van der Waals surface area contributed by atoms with Crippen LogP contribution in [0.15, 0.2) is 36.4 Å². The molecule has 2 rings (SSSR count). The Labute approximate surface area is 124 Å². The van der Waals surface area contributed by atoms with Gasteiger partial charge in [0, 0.05) is 18.2 Å². The maximum Gasteiger partial charge on any atom is 0.269 e. The van der Waals surface area contributed by atoms with E-state index in [4.69, 9.17) is 0 Å². The second-order valence-electron chi connectivity index (χ2n) is 5.08. The van der Waals surface area contributed by atoms with E-state index >= 15 is 0 Å². The molecule has 0 spiro atoms. The molecule has 21 heavy (non-hydrogen) atoms. The Kier molecular flexibility index (Phi) is 5.08. The Hall–Kier alpha value is -1.73. The van der Waals surface area contributed by atoms with Crippen LogP contribution in [0.25, 0.3) is 0 Å².